The van der Waals surface area contributed by atoms with Crippen LogP contribution < -0.4 is 10.6 Å². The number of hydrogen-bond acceptors (Lipinski definition) is 2. The number of thiocarbonyl (C=S) groups is 1. The van der Waals surface area contributed by atoms with Crippen molar-refractivity contribution in [3.05, 3.63) is 64.1 Å². The summed E-state index contributed by atoms with van der Waals surface area (Å²) in [6.07, 6.45) is 3.46. The number of amides is 1. The van der Waals surface area contributed by atoms with Crippen LogP contribution >= 0.6 is 28.1 Å². The number of unbranched alkanes of at least 4 members (excludes halogenated alkanes) is 1. The molecule has 3 nitrogen and oxygen atoms in total. The van der Waals surface area contributed by atoms with Crippen molar-refractivity contribution >= 4 is 44.9 Å². The highest BCUT2D eigenvalue weighted by molar-refractivity contribution is 9.10. The SMILES string of the molecule is CCCCc1ccc(NC(=S)NC(=O)c2ccccc2Br)cc1. The smallest absolute Gasteiger partial charge is 0.258 e. The number of anilines is 1. The van der Waals surface area contributed by atoms with E-state index in [2.05, 4.69) is 45.6 Å². The van der Waals surface area contributed by atoms with Gasteiger partial charge in [0.1, 0.15) is 0 Å². The summed E-state index contributed by atoms with van der Waals surface area (Å²) in [6.45, 7) is 2.18. The van der Waals surface area contributed by atoms with E-state index in [0.717, 1.165) is 16.6 Å². The Morgan fingerprint density at radius 1 is 1.13 bits per heavy atom. The number of nitrogens with one attached hydrogen (secondary N) is 2. The van der Waals surface area contributed by atoms with Gasteiger partial charge in [-0.1, -0.05) is 37.6 Å². The van der Waals surface area contributed by atoms with Gasteiger partial charge in [-0.15, -0.1) is 0 Å². The third-order valence-electron chi connectivity index (χ3n) is 3.38. The second kappa shape index (κ2) is 8.79. The fraction of sp³-hybridized carbons (Fsp3) is 0.222. The molecule has 0 bridgehead atoms. The Labute approximate surface area is 150 Å². The van der Waals surface area contributed by atoms with Crippen LogP contribution in [0, 0.1) is 0 Å². The zero-order chi connectivity index (χ0) is 16.7. The summed E-state index contributed by atoms with van der Waals surface area (Å²) in [5.41, 5.74) is 2.72. The highest BCUT2D eigenvalue weighted by atomic mass is 79.9. The predicted molar refractivity (Wildman–Crippen MR) is 103 cm³/mol. The zero-order valence-corrected chi connectivity index (χ0v) is 15.3. The van der Waals surface area contributed by atoms with Crippen LogP contribution in [0.4, 0.5) is 5.69 Å². The van der Waals surface area contributed by atoms with E-state index in [4.69, 9.17) is 12.2 Å². The summed E-state index contributed by atoms with van der Waals surface area (Å²) >= 11 is 8.56. The topological polar surface area (TPSA) is 41.1 Å². The first kappa shape index (κ1) is 17.6. The fourth-order valence-electron chi connectivity index (χ4n) is 2.11. The number of carbonyl (C=O) groups is 1. The Bertz CT molecular complexity index is 686. The molecule has 23 heavy (non-hydrogen) atoms. The lowest BCUT2D eigenvalue weighted by Crippen LogP contribution is -2.34. The van der Waals surface area contributed by atoms with Gasteiger partial charge >= 0.3 is 0 Å². The molecule has 1 amide bonds. The standard InChI is InChI=1S/C18H19BrN2OS/c1-2-3-6-13-9-11-14(12-10-13)20-18(23)21-17(22)15-7-4-5-8-16(15)19/h4-5,7-12H,2-3,6H2,1H3,(H2,20,21,22,23). The molecule has 2 N–H and O–H groups in total. The summed E-state index contributed by atoms with van der Waals surface area (Å²) in [6, 6.07) is 15.3. The average molecular weight is 391 g/mol. The minimum Gasteiger partial charge on any atom is -0.332 e. The Morgan fingerprint density at radius 3 is 2.48 bits per heavy atom. The summed E-state index contributed by atoms with van der Waals surface area (Å²) in [7, 11) is 0. The van der Waals surface area contributed by atoms with Crippen molar-refractivity contribution in [1.82, 2.24) is 5.32 Å². The maximum absolute atomic E-state index is 12.2. The van der Waals surface area contributed by atoms with Crippen molar-refractivity contribution in [2.24, 2.45) is 0 Å². The Balaban J connectivity index is 1.92. The number of aryl methyl sites for hydroxylation is 1. The quantitative estimate of drug-likeness (QED) is 0.711. The molecule has 5 heteroatoms. The molecule has 0 saturated carbocycles. The molecule has 0 aliphatic carbocycles. The number of benzene rings is 2. The zero-order valence-electron chi connectivity index (χ0n) is 12.9. The Kier molecular flexibility index (Phi) is 6.74. The second-order valence-electron chi connectivity index (χ2n) is 5.19. The normalized spacial score (nSPS) is 10.2. The molecule has 0 unspecified atom stereocenters. The molecule has 2 aromatic carbocycles. The molecule has 2 aromatic rings. The molecule has 0 aliphatic heterocycles. The van der Waals surface area contributed by atoms with Crippen LogP contribution in [0.3, 0.4) is 0 Å². The van der Waals surface area contributed by atoms with Crippen LogP contribution in [0.15, 0.2) is 53.0 Å². The largest absolute Gasteiger partial charge is 0.332 e. The second-order valence-corrected chi connectivity index (χ2v) is 6.45. The van der Waals surface area contributed by atoms with Crippen molar-refractivity contribution in [2.75, 3.05) is 5.32 Å². The molecule has 0 saturated heterocycles. The molecule has 0 aliphatic rings. The molecule has 2 rings (SSSR count). The number of hydrogen-bond donors (Lipinski definition) is 2. The lowest BCUT2D eigenvalue weighted by atomic mass is 10.1. The molecular weight excluding hydrogens is 372 g/mol. The van der Waals surface area contributed by atoms with Gasteiger partial charge in [-0.2, -0.15) is 0 Å². The summed E-state index contributed by atoms with van der Waals surface area (Å²) in [5.74, 6) is -0.241. The highest BCUT2D eigenvalue weighted by Crippen LogP contribution is 2.16. The molecule has 0 aromatic heterocycles. The van der Waals surface area contributed by atoms with Crippen LogP contribution in [0.1, 0.15) is 35.7 Å². The fourth-order valence-corrected chi connectivity index (χ4v) is 2.79. The first-order valence-corrected chi connectivity index (χ1v) is 8.76. The van der Waals surface area contributed by atoms with Crippen molar-refractivity contribution in [3.8, 4) is 0 Å². The molecule has 120 valence electrons. The van der Waals surface area contributed by atoms with Gasteiger partial charge in [0.25, 0.3) is 5.91 Å². The van der Waals surface area contributed by atoms with E-state index >= 15 is 0 Å². The van der Waals surface area contributed by atoms with E-state index in [0.29, 0.717) is 5.56 Å². The maximum atomic E-state index is 12.2. The van der Waals surface area contributed by atoms with Gasteiger partial charge in [-0.3, -0.25) is 10.1 Å². The van der Waals surface area contributed by atoms with E-state index in [1.165, 1.54) is 18.4 Å². The van der Waals surface area contributed by atoms with Gasteiger partial charge in [0.15, 0.2) is 5.11 Å². The molecule has 0 spiro atoms. The summed E-state index contributed by atoms with van der Waals surface area (Å²) in [5, 5.41) is 6.00. The van der Waals surface area contributed by atoms with E-state index < -0.39 is 0 Å². The first-order chi connectivity index (χ1) is 11.1. The average Bonchev–Trinajstić information content (AvgIpc) is 2.54. The predicted octanol–water partition coefficient (Wildman–Crippen LogP) is 4.92. The van der Waals surface area contributed by atoms with Crippen molar-refractivity contribution in [3.63, 3.8) is 0 Å². The van der Waals surface area contributed by atoms with Gasteiger partial charge in [-0.25, -0.2) is 0 Å². The van der Waals surface area contributed by atoms with E-state index in [9.17, 15) is 4.79 Å². The van der Waals surface area contributed by atoms with Gasteiger partial charge in [0.05, 0.1) is 5.56 Å². The van der Waals surface area contributed by atoms with E-state index in [-0.39, 0.29) is 11.0 Å². The lowest BCUT2D eigenvalue weighted by Gasteiger charge is -2.11. The third-order valence-corrected chi connectivity index (χ3v) is 4.27. The summed E-state index contributed by atoms with van der Waals surface area (Å²) in [4.78, 5) is 12.2. The van der Waals surface area contributed by atoms with Crippen molar-refractivity contribution < 1.29 is 4.79 Å². The van der Waals surface area contributed by atoms with Crippen molar-refractivity contribution in [1.29, 1.82) is 0 Å². The van der Waals surface area contributed by atoms with Crippen LogP contribution in [0.25, 0.3) is 0 Å². The minimum atomic E-state index is -0.241. The molecule has 0 fully saturated rings. The number of carbonyl (C=O) groups excluding carboxylic acids is 1. The Hall–Kier alpha value is -1.72. The van der Waals surface area contributed by atoms with Crippen LogP contribution in [-0.2, 0) is 6.42 Å². The van der Waals surface area contributed by atoms with Gasteiger partial charge in [-0.05, 0) is 70.8 Å². The molecular formula is C18H19BrN2OS. The monoisotopic (exact) mass is 390 g/mol. The van der Waals surface area contributed by atoms with Gasteiger partial charge in [0, 0.05) is 10.2 Å². The maximum Gasteiger partial charge on any atom is 0.258 e. The molecule has 0 radical (unpaired) electrons. The molecule has 0 heterocycles. The van der Waals surface area contributed by atoms with Gasteiger partial charge < -0.3 is 5.32 Å². The van der Waals surface area contributed by atoms with Crippen molar-refractivity contribution in [2.45, 2.75) is 26.2 Å². The third kappa shape index (κ3) is 5.44. The Morgan fingerprint density at radius 2 is 1.83 bits per heavy atom. The number of rotatable bonds is 5. The van der Waals surface area contributed by atoms with Crippen LogP contribution in [-0.4, -0.2) is 11.0 Å². The van der Waals surface area contributed by atoms with E-state index in [1.54, 1.807) is 6.07 Å². The minimum absolute atomic E-state index is 0.241. The highest BCUT2D eigenvalue weighted by Gasteiger charge is 2.10. The lowest BCUT2D eigenvalue weighted by molar-refractivity contribution is 0.0977. The summed E-state index contributed by atoms with van der Waals surface area (Å²) < 4.78 is 0.737. The first-order valence-electron chi connectivity index (χ1n) is 7.56. The van der Waals surface area contributed by atoms with Gasteiger partial charge in [0.2, 0.25) is 0 Å². The number of halogens is 1. The van der Waals surface area contributed by atoms with Crippen LogP contribution in [0.2, 0.25) is 0 Å². The van der Waals surface area contributed by atoms with Crippen LogP contribution in [0.5, 0.6) is 0 Å². The van der Waals surface area contributed by atoms with E-state index in [1.807, 2.05) is 30.3 Å². The molecule has 0 atom stereocenters.